The number of carbonyl (C=O) groups is 1. The Balaban J connectivity index is 2.00. The fourth-order valence-corrected chi connectivity index (χ4v) is 4.09. The topological polar surface area (TPSA) is 47.6 Å². The molecule has 0 spiro atoms. The van der Waals surface area contributed by atoms with Crippen LogP contribution in [0.4, 0.5) is 5.69 Å². The van der Waals surface area contributed by atoms with Gasteiger partial charge in [0, 0.05) is 27.2 Å². The van der Waals surface area contributed by atoms with Crippen molar-refractivity contribution in [3.63, 3.8) is 0 Å². The van der Waals surface area contributed by atoms with E-state index >= 15 is 0 Å². The van der Waals surface area contributed by atoms with Crippen molar-refractivity contribution in [2.45, 2.75) is 13.8 Å². The third-order valence-corrected chi connectivity index (χ3v) is 5.57. The van der Waals surface area contributed by atoms with Gasteiger partial charge in [-0.15, -0.1) is 0 Å². The molecule has 25 heavy (non-hydrogen) atoms. The zero-order valence-electron chi connectivity index (χ0n) is 14.1. The van der Waals surface area contributed by atoms with E-state index in [-0.39, 0.29) is 5.91 Å². The second-order valence-electron chi connectivity index (χ2n) is 5.39. The van der Waals surface area contributed by atoms with E-state index in [4.69, 9.17) is 20.6 Å². The van der Waals surface area contributed by atoms with E-state index in [0.717, 1.165) is 22.1 Å². The lowest BCUT2D eigenvalue weighted by Gasteiger charge is -2.16. The van der Waals surface area contributed by atoms with Gasteiger partial charge in [0.1, 0.15) is 0 Å². The van der Waals surface area contributed by atoms with E-state index < -0.39 is 8.38 Å². The van der Waals surface area contributed by atoms with Gasteiger partial charge in [-0.1, -0.05) is 23.7 Å². The zero-order chi connectivity index (χ0) is 17.8. The van der Waals surface area contributed by atoms with Crippen molar-refractivity contribution in [2.24, 2.45) is 0 Å². The van der Waals surface area contributed by atoms with Gasteiger partial charge in [-0.2, -0.15) is 0 Å². The summed E-state index contributed by atoms with van der Waals surface area (Å²) in [7, 11) is -1.15. The van der Waals surface area contributed by atoms with Crippen molar-refractivity contribution in [1.82, 2.24) is 0 Å². The Bertz CT molecular complexity index is 816. The van der Waals surface area contributed by atoms with Gasteiger partial charge in [0.25, 0.3) is 5.91 Å². The number of hydrogen-bond acceptors (Lipinski definition) is 3. The molecule has 2 aromatic carbocycles. The summed E-state index contributed by atoms with van der Waals surface area (Å²) in [5, 5.41) is 4.48. The largest absolute Gasteiger partial charge is 0.331 e. The van der Waals surface area contributed by atoms with Gasteiger partial charge >= 0.3 is 0 Å². The highest BCUT2D eigenvalue weighted by Gasteiger charge is 2.26. The maximum Gasteiger partial charge on any atom is 0.256 e. The highest BCUT2D eigenvalue weighted by molar-refractivity contribution is 7.56. The average Bonchev–Trinajstić information content (AvgIpc) is 2.90. The van der Waals surface area contributed by atoms with Crippen LogP contribution in [-0.4, -0.2) is 19.1 Å². The van der Waals surface area contributed by atoms with E-state index in [0.29, 0.717) is 23.8 Å². The smallest absolute Gasteiger partial charge is 0.256 e. The fraction of sp³-hybridized carbons (Fsp3) is 0.211. The lowest BCUT2D eigenvalue weighted by molar-refractivity contribution is -0.110. The minimum atomic E-state index is -1.15. The number of halogens is 1. The van der Waals surface area contributed by atoms with Crippen molar-refractivity contribution >= 4 is 48.5 Å². The van der Waals surface area contributed by atoms with Crippen molar-refractivity contribution in [3.05, 3.63) is 58.6 Å². The standard InChI is InChI=1S/C19H19ClNO3P/c1-3-23-25(24-4-2)15-8-9-18-16(12-15)17(19(22)21-18)11-13-6-5-7-14(20)10-13/h5-12H,3-4H2,1-2H3,(H,21,22)/b17-11-. The van der Waals surface area contributed by atoms with Crippen LogP contribution in [0.5, 0.6) is 0 Å². The van der Waals surface area contributed by atoms with E-state index in [1.807, 2.05) is 62.4 Å². The summed E-state index contributed by atoms with van der Waals surface area (Å²) in [4.78, 5) is 12.4. The SMILES string of the molecule is CCOP(OCC)c1ccc2c(c1)/C(=C/c1cccc(Cl)c1)C(=O)N2. The predicted molar refractivity (Wildman–Crippen MR) is 104 cm³/mol. The summed E-state index contributed by atoms with van der Waals surface area (Å²) in [6, 6.07) is 13.2. The molecule has 0 saturated carbocycles. The molecule has 0 unspecified atom stereocenters. The average molecular weight is 376 g/mol. The van der Waals surface area contributed by atoms with Gasteiger partial charge in [-0.05, 0) is 55.8 Å². The Hall–Kier alpha value is -1.71. The van der Waals surface area contributed by atoms with Crippen LogP contribution < -0.4 is 10.6 Å². The van der Waals surface area contributed by atoms with E-state index in [1.165, 1.54) is 0 Å². The Kier molecular flexibility index (Phi) is 5.87. The maximum atomic E-state index is 12.4. The number of amides is 1. The molecular formula is C19H19ClNO3P. The molecule has 130 valence electrons. The summed E-state index contributed by atoms with van der Waals surface area (Å²) in [5.41, 5.74) is 3.15. The highest BCUT2D eigenvalue weighted by atomic mass is 35.5. The molecule has 1 heterocycles. The van der Waals surface area contributed by atoms with Gasteiger partial charge in [0.05, 0.1) is 13.2 Å². The second kappa shape index (κ2) is 8.11. The molecule has 1 aliphatic heterocycles. The molecule has 3 rings (SSSR count). The molecule has 0 saturated heterocycles. The molecule has 0 bridgehead atoms. The van der Waals surface area contributed by atoms with Gasteiger partial charge in [0.15, 0.2) is 0 Å². The lowest BCUT2D eigenvalue weighted by atomic mass is 10.0. The van der Waals surface area contributed by atoms with Crippen molar-refractivity contribution < 1.29 is 13.8 Å². The lowest BCUT2D eigenvalue weighted by Crippen LogP contribution is -2.07. The van der Waals surface area contributed by atoms with E-state index in [2.05, 4.69) is 5.32 Å². The van der Waals surface area contributed by atoms with E-state index in [9.17, 15) is 4.79 Å². The Morgan fingerprint density at radius 1 is 1.12 bits per heavy atom. The van der Waals surface area contributed by atoms with Gasteiger partial charge in [0.2, 0.25) is 8.38 Å². The van der Waals surface area contributed by atoms with Gasteiger partial charge in [-0.25, -0.2) is 0 Å². The first-order valence-electron chi connectivity index (χ1n) is 8.11. The number of rotatable bonds is 6. The number of benzene rings is 2. The van der Waals surface area contributed by atoms with Crippen molar-refractivity contribution in [1.29, 1.82) is 0 Å². The molecule has 0 fully saturated rings. The molecule has 0 aromatic heterocycles. The number of fused-ring (bicyclic) bond motifs is 1. The first-order chi connectivity index (χ1) is 12.1. The van der Waals surface area contributed by atoms with Crippen LogP contribution in [0.2, 0.25) is 5.02 Å². The molecule has 0 atom stereocenters. The van der Waals surface area contributed by atoms with Gasteiger partial charge in [-0.3, -0.25) is 4.79 Å². The Morgan fingerprint density at radius 3 is 2.56 bits per heavy atom. The van der Waals surface area contributed by atoms with Crippen molar-refractivity contribution in [2.75, 3.05) is 18.5 Å². The van der Waals surface area contributed by atoms with Crippen molar-refractivity contribution in [3.8, 4) is 0 Å². The molecule has 1 aliphatic rings. The molecule has 2 aromatic rings. The first kappa shape index (κ1) is 18.1. The van der Waals surface area contributed by atoms with Crippen LogP contribution >= 0.6 is 20.0 Å². The van der Waals surface area contributed by atoms with Crippen LogP contribution in [0.1, 0.15) is 25.0 Å². The first-order valence-corrected chi connectivity index (χ1v) is 9.67. The monoisotopic (exact) mass is 375 g/mol. The predicted octanol–water partition coefficient (Wildman–Crippen LogP) is 4.84. The zero-order valence-corrected chi connectivity index (χ0v) is 15.7. The molecule has 1 N–H and O–H groups in total. The molecule has 1 amide bonds. The van der Waals surface area contributed by atoms with Crippen LogP contribution in [0, 0.1) is 0 Å². The number of hydrogen-bond donors (Lipinski definition) is 1. The molecule has 0 radical (unpaired) electrons. The minimum absolute atomic E-state index is 0.121. The second-order valence-corrected chi connectivity index (χ2v) is 7.37. The van der Waals surface area contributed by atoms with Crippen LogP contribution in [0.15, 0.2) is 42.5 Å². The molecule has 6 heteroatoms. The molecular weight excluding hydrogens is 357 g/mol. The third-order valence-electron chi connectivity index (χ3n) is 3.65. The van der Waals surface area contributed by atoms with Crippen LogP contribution in [0.3, 0.4) is 0 Å². The summed E-state index contributed by atoms with van der Waals surface area (Å²) in [6.45, 7) is 5.03. The number of carbonyl (C=O) groups excluding carboxylic acids is 1. The quantitative estimate of drug-likeness (QED) is 0.580. The summed E-state index contributed by atoms with van der Waals surface area (Å²) >= 11 is 6.04. The Morgan fingerprint density at radius 2 is 1.88 bits per heavy atom. The van der Waals surface area contributed by atoms with Crippen LogP contribution in [-0.2, 0) is 13.8 Å². The van der Waals surface area contributed by atoms with Crippen LogP contribution in [0.25, 0.3) is 11.6 Å². The number of anilines is 1. The normalized spacial score (nSPS) is 14.9. The Labute approximate surface area is 153 Å². The number of nitrogens with one attached hydrogen (secondary N) is 1. The minimum Gasteiger partial charge on any atom is -0.331 e. The summed E-state index contributed by atoms with van der Waals surface area (Å²) in [6.07, 6.45) is 1.85. The van der Waals surface area contributed by atoms with Gasteiger partial charge < -0.3 is 14.4 Å². The maximum absolute atomic E-state index is 12.4. The third kappa shape index (κ3) is 4.10. The summed E-state index contributed by atoms with van der Waals surface area (Å²) < 4.78 is 11.4. The molecule has 4 nitrogen and oxygen atoms in total. The highest BCUT2D eigenvalue weighted by Crippen LogP contribution is 2.40. The van der Waals surface area contributed by atoms with E-state index in [1.54, 1.807) is 0 Å². The summed E-state index contributed by atoms with van der Waals surface area (Å²) in [5.74, 6) is -0.121. The fourth-order valence-electron chi connectivity index (χ4n) is 2.62. The molecule has 0 aliphatic carbocycles.